The lowest BCUT2D eigenvalue weighted by molar-refractivity contribution is -0.161. The van der Waals surface area contributed by atoms with Gasteiger partial charge in [-0.25, -0.2) is 9.13 Å². The fraction of sp³-hybridized carbons (Fsp3) is 0.947. The van der Waals surface area contributed by atoms with Gasteiger partial charge in [-0.15, -0.1) is 0 Å². The molecule has 0 aliphatic carbocycles. The summed E-state index contributed by atoms with van der Waals surface area (Å²) in [5.41, 5.74) is 0. The van der Waals surface area contributed by atoms with Crippen LogP contribution in [0.1, 0.15) is 394 Å². The first-order valence-electron chi connectivity index (χ1n) is 39.1. The SMILES string of the molecule is CCCCCCCCCCCCCCCCCCCCCCCC(=O)O[C@H](COC(=O)CCCCCCCCCCCC(C)C)COP(=O)(O)OC[C@@H](O)COP(=O)(O)OC[C@@H](COC(=O)CCCCCCCCCCC)OC(=O)CCCCCCCCCCCCCC. The Morgan fingerprint density at radius 1 is 0.287 bits per heavy atom. The topological polar surface area (TPSA) is 237 Å². The molecule has 0 spiro atoms. The lowest BCUT2D eigenvalue weighted by Gasteiger charge is -2.21. The van der Waals surface area contributed by atoms with Crippen LogP contribution in [-0.4, -0.2) is 96.7 Å². The number of hydrogen-bond acceptors (Lipinski definition) is 15. The molecule has 0 saturated carbocycles. The van der Waals surface area contributed by atoms with Crippen molar-refractivity contribution in [2.24, 2.45) is 5.92 Å². The van der Waals surface area contributed by atoms with Crippen molar-refractivity contribution in [1.82, 2.24) is 0 Å². The van der Waals surface area contributed by atoms with E-state index in [4.69, 9.17) is 37.0 Å². The molecule has 0 aromatic carbocycles. The maximum Gasteiger partial charge on any atom is 0.472 e. The molecule has 2 unspecified atom stereocenters. The highest BCUT2D eigenvalue weighted by Gasteiger charge is 2.30. The van der Waals surface area contributed by atoms with Crippen molar-refractivity contribution < 1.29 is 80.2 Å². The smallest absolute Gasteiger partial charge is 0.462 e. The number of aliphatic hydroxyl groups is 1. The Morgan fingerprint density at radius 3 is 0.723 bits per heavy atom. The van der Waals surface area contributed by atoms with Gasteiger partial charge in [-0.3, -0.25) is 37.3 Å². The number of carbonyl (C=O) groups excluding carboxylic acids is 4. The second-order valence-corrected chi connectivity index (χ2v) is 30.4. The number of ether oxygens (including phenoxy) is 4. The zero-order chi connectivity index (χ0) is 69.1. The van der Waals surface area contributed by atoms with Crippen molar-refractivity contribution in [3.05, 3.63) is 0 Å². The van der Waals surface area contributed by atoms with Crippen molar-refractivity contribution >= 4 is 39.5 Å². The van der Waals surface area contributed by atoms with E-state index in [1.807, 2.05) is 0 Å². The number of phosphoric acid groups is 2. The van der Waals surface area contributed by atoms with Gasteiger partial charge in [0.15, 0.2) is 12.2 Å². The summed E-state index contributed by atoms with van der Waals surface area (Å²) in [6, 6.07) is 0. The summed E-state index contributed by atoms with van der Waals surface area (Å²) in [5, 5.41) is 10.6. The van der Waals surface area contributed by atoms with Crippen LogP contribution in [-0.2, 0) is 65.4 Å². The van der Waals surface area contributed by atoms with Crippen LogP contribution in [0.25, 0.3) is 0 Å². The van der Waals surface area contributed by atoms with Crippen LogP contribution in [0, 0.1) is 5.92 Å². The quantitative estimate of drug-likeness (QED) is 0.0222. The zero-order valence-corrected chi connectivity index (χ0v) is 62.9. The summed E-state index contributed by atoms with van der Waals surface area (Å²) in [4.78, 5) is 72.7. The molecule has 0 rings (SSSR count). The van der Waals surface area contributed by atoms with Crippen molar-refractivity contribution in [2.45, 2.75) is 412 Å². The third kappa shape index (κ3) is 68.6. The first-order valence-corrected chi connectivity index (χ1v) is 42.1. The number of carbonyl (C=O) groups is 4. The number of aliphatic hydroxyl groups excluding tert-OH is 1. The van der Waals surface area contributed by atoms with Gasteiger partial charge in [0, 0.05) is 25.7 Å². The Balaban J connectivity index is 5.17. The van der Waals surface area contributed by atoms with Crippen molar-refractivity contribution in [1.29, 1.82) is 0 Å². The third-order valence-electron chi connectivity index (χ3n) is 17.5. The van der Waals surface area contributed by atoms with E-state index in [0.717, 1.165) is 95.8 Å². The molecule has 19 heteroatoms. The highest BCUT2D eigenvalue weighted by Crippen LogP contribution is 2.45. The minimum Gasteiger partial charge on any atom is -0.462 e. The normalized spacial score (nSPS) is 14.0. The minimum absolute atomic E-state index is 0.108. The number of esters is 4. The second kappa shape index (κ2) is 68.2. The van der Waals surface area contributed by atoms with E-state index < -0.39 is 97.5 Å². The van der Waals surface area contributed by atoms with Crippen LogP contribution in [0.5, 0.6) is 0 Å². The van der Waals surface area contributed by atoms with Gasteiger partial charge in [-0.2, -0.15) is 0 Å². The van der Waals surface area contributed by atoms with E-state index in [9.17, 15) is 43.2 Å². The molecule has 0 aliphatic rings. The Labute approximate surface area is 575 Å². The molecule has 17 nitrogen and oxygen atoms in total. The molecular formula is C75H146O17P2. The fourth-order valence-corrected chi connectivity index (χ4v) is 13.1. The lowest BCUT2D eigenvalue weighted by Crippen LogP contribution is -2.30. The van der Waals surface area contributed by atoms with E-state index in [-0.39, 0.29) is 25.7 Å². The number of hydrogen-bond donors (Lipinski definition) is 3. The third-order valence-corrected chi connectivity index (χ3v) is 19.4. The molecule has 0 saturated heterocycles. The van der Waals surface area contributed by atoms with Gasteiger partial charge in [0.05, 0.1) is 26.4 Å². The maximum absolute atomic E-state index is 13.1. The summed E-state index contributed by atoms with van der Waals surface area (Å²) in [6.45, 7) is 7.25. The van der Waals surface area contributed by atoms with E-state index in [1.165, 1.54) is 218 Å². The van der Waals surface area contributed by atoms with Crippen molar-refractivity contribution in [2.75, 3.05) is 39.6 Å². The van der Waals surface area contributed by atoms with Gasteiger partial charge in [-0.1, -0.05) is 343 Å². The predicted molar refractivity (Wildman–Crippen MR) is 382 cm³/mol. The molecule has 0 fully saturated rings. The maximum atomic E-state index is 13.1. The van der Waals surface area contributed by atoms with Gasteiger partial charge in [0.2, 0.25) is 0 Å². The molecule has 0 aliphatic heterocycles. The zero-order valence-electron chi connectivity index (χ0n) is 61.1. The summed E-state index contributed by atoms with van der Waals surface area (Å²) >= 11 is 0. The predicted octanol–water partition coefficient (Wildman–Crippen LogP) is 22.1. The van der Waals surface area contributed by atoms with Crippen molar-refractivity contribution in [3.63, 3.8) is 0 Å². The fourth-order valence-electron chi connectivity index (χ4n) is 11.5. The van der Waals surface area contributed by atoms with E-state index >= 15 is 0 Å². The molecule has 5 atom stereocenters. The molecule has 0 amide bonds. The Kier molecular flexibility index (Phi) is 66.8. The van der Waals surface area contributed by atoms with E-state index in [0.29, 0.717) is 25.7 Å². The van der Waals surface area contributed by atoms with Crippen molar-refractivity contribution in [3.8, 4) is 0 Å². The van der Waals surface area contributed by atoms with Gasteiger partial charge in [0.25, 0.3) is 0 Å². The summed E-state index contributed by atoms with van der Waals surface area (Å²) < 4.78 is 68.4. The highest BCUT2D eigenvalue weighted by atomic mass is 31.2. The Bertz CT molecular complexity index is 1810. The summed E-state index contributed by atoms with van der Waals surface area (Å²) in [5.74, 6) is -1.37. The van der Waals surface area contributed by atoms with Crippen LogP contribution in [0.2, 0.25) is 0 Å². The number of phosphoric ester groups is 2. The van der Waals surface area contributed by atoms with Gasteiger partial charge >= 0.3 is 39.5 Å². The van der Waals surface area contributed by atoms with Crippen LogP contribution in [0.15, 0.2) is 0 Å². The average molecular weight is 1380 g/mol. The molecule has 0 heterocycles. The number of unbranched alkanes of at least 4 members (excludes halogenated alkanes) is 47. The highest BCUT2D eigenvalue weighted by molar-refractivity contribution is 7.47. The van der Waals surface area contributed by atoms with Gasteiger partial charge in [-0.05, 0) is 31.6 Å². The number of rotatable bonds is 75. The van der Waals surface area contributed by atoms with E-state index in [2.05, 4.69) is 34.6 Å². The van der Waals surface area contributed by atoms with Crippen LogP contribution in [0.4, 0.5) is 0 Å². The Morgan fingerprint density at radius 2 is 0.489 bits per heavy atom. The van der Waals surface area contributed by atoms with Crippen LogP contribution >= 0.6 is 15.6 Å². The molecule has 94 heavy (non-hydrogen) atoms. The van der Waals surface area contributed by atoms with Gasteiger partial charge < -0.3 is 33.8 Å². The molecule has 0 aromatic rings. The van der Waals surface area contributed by atoms with Gasteiger partial charge in [0.1, 0.15) is 19.3 Å². The van der Waals surface area contributed by atoms with Crippen LogP contribution < -0.4 is 0 Å². The van der Waals surface area contributed by atoms with E-state index in [1.54, 1.807) is 0 Å². The first kappa shape index (κ1) is 92.1. The molecule has 3 N–H and O–H groups in total. The summed E-state index contributed by atoms with van der Waals surface area (Å²) in [7, 11) is -9.90. The molecule has 558 valence electrons. The lowest BCUT2D eigenvalue weighted by atomic mass is 10.0. The molecule has 0 bridgehead atoms. The molecule has 0 aromatic heterocycles. The monoisotopic (exact) mass is 1380 g/mol. The summed E-state index contributed by atoms with van der Waals surface area (Å²) in [6.07, 6.45) is 57.0. The largest absolute Gasteiger partial charge is 0.472 e. The molecule has 0 radical (unpaired) electrons. The standard InChI is InChI=1S/C75H146O17P2/c1-6-9-12-15-18-21-23-25-26-27-28-29-30-31-32-33-35-40-46-51-56-61-75(80)92-71(65-86-73(78)59-54-49-44-41-36-38-42-47-52-57-68(4)5)67-90-94(83,84)88-63-69(76)62-87-93(81,82)89-66-70(64-85-72(77)58-53-48-43-37-20-17-14-11-8-3)91-74(79)60-55-50-45-39-34-24-22-19-16-13-10-7-2/h68-71,76H,6-67H2,1-5H3,(H,81,82)(H,83,84)/t69-,70+,71+/m0/s1. The first-order chi connectivity index (χ1) is 45.5. The Hall–Kier alpha value is -1.94. The average Bonchev–Trinajstić information content (AvgIpc) is 1.30. The minimum atomic E-state index is -4.95. The molecular weight excluding hydrogens is 1230 g/mol. The second-order valence-electron chi connectivity index (χ2n) is 27.5. The van der Waals surface area contributed by atoms with Crippen LogP contribution in [0.3, 0.4) is 0 Å².